The molecule has 0 amide bonds. The molecule has 3 N–H and O–H groups in total. The van der Waals surface area contributed by atoms with E-state index in [0.717, 1.165) is 5.69 Å². The van der Waals surface area contributed by atoms with Crippen molar-refractivity contribution in [2.75, 3.05) is 7.11 Å². The number of hydrogen-bond donors (Lipinski definition) is 2. The highest BCUT2D eigenvalue weighted by Crippen LogP contribution is 2.09. The molecule has 0 bridgehead atoms. The van der Waals surface area contributed by atoms with Crippen LogP contribution in [-0.4, -0.2) is 12.1 Å². The fraction of sp³-hybridized carbons (Fsp3) is 0.375. The first-order chi connectivity index (χ1) is 5.69. The first-order valence-corrected chi connectivity index (χ1v) is 3.66. The predicted octanol–water partition coefficient (Wildman–Crippen LogP) is 0.151. The van der Waals surface area contributed by atoms with Crippen molar-refractivity contribution in [2.45, 2.75) is 13.5 Å². The van der Waals surface area contributed by atoms with E-state index >= 15 is 0 Å². The molecule has 0 fully saturated rings. The minimum absolute atomic E-state index is 0.0781. The minimum atomic E-state index is -0.0781. The van der Waals surface area contributed by atoms with Gasteiger partial charge in [0.05, 0.1) is 12.7 Å². The fourth-order valence-corrected chi connectivity index (χ4v) is 1.05. The number of pyridine rings is 1. The summed E-state index contributed by atoms with van der Waals surface area (Å²) in [4.78, 5) is 14.2. The standard InChI is InChI=1S/C8H12N2O2/c1-5-3-7(11)6(4-9)8(10-5)12-2/h3H,4,9H2,1-2H3,(H,10,11). The Labute approximate surface area is 70.4 Å². The number of aryl methyl sites for hydroxylation is 1. The lowest BCUT2D eigenvalue weighted by Gasteiger charge is -2.05. The molecule has 0 aliphatic heterocycles. The topological polar surface area (TPSA) is 68.1 Å². The molecular formula is C8H12N2O2. The molecule has 0 atom stereocenters. The molecule has 0 saturated heterocycles. The van der Waals surface area contributed by atoms with Crippen LogP contribution in [0.1, 0.15) is 11.3 Å². The highest BCUT2D eigenvalue weighted by molar-refractivity contribution is 5.27. The summed E-state index contributed by atoms with van der Waals surface area (Å²) in [6.07, 6.45) is 0. The molecule has 0 aliphatic rings. The summed E-state index contributed by atoms with van der Waals surface area (Å²) in [5.74, 6) is 0.461. The number of aromatic nitrogens is 1. The SMILES string of the molecule is COc1[nH]c(C)cc(=O)c1CN. The van der Waals surface area contributed by atoms with Crippen LogP contribution in [-0.2, 0) is 6.54 Å². The number of methoxy groups -OCH3 is 1. The number of aromatic amines is 1. The lowest BCUT2D eigenvalue weighted by atomic mass is 10.2. The second-order valence-electron chi connectivity index (χ2n) is 2.53. The molecule has 1 aromatic heterocycles. The Bertz CT molecular complexity index is 330. The lowest BCUT2D eigenvalue weighted by Crippen LogP contribution is -2.15. The van der Waals surface area contributed by atoms with E-state index in [1.165, 1.54) is 13.2 Å². The van der Waals surface area contributed by atoms with Gasteiger partial charge in [0, 0.05) is 18.3 Å². The monoisotopic (exact) mass is 168 g/mol. The largest absolute Gasteiger partial charge is 0.482 e. The summed E-state index contributed by atoms with van der Waals surface area (Å²) >= 11 is 0. The third-order valence-corrected chi connectivity index (χ3v) is 1.64. The molecule has 4 nitrogen and oxygen atoms in total. The zero-order valence-corrected chi connectivity index (χ0v) is 7.18. The number of hydrogen-bond acceptors (Lipinski definition) is 3. The van der Waals surface area contributed by atoms with Crippen molar-refractivity contribution >= 4 is 0 Å². The van der Waals surface area contributed by atoms with E-state index in [0.29, 0.717) is 11.4 Å². The summed E-state index contributed by atoms with van der Waals surface area (Å²) in [5.41, 5.74) is 6.56. The molecule has 0 aromatic carbocycles. The summed E-state index contributed by atoms with van der Waals surface area (Å²) in [5, 5.41) is 0. The van der Waals surface area contributed by atoms with E-state index < -0.39 is 0 Å². The van der Waals surface area contributed by atoms with Gasteiger partial charge < -0.3 is 15.5 Å². The van der Waals surface area contributed by atoms with Gasteiger partial charge in [-0.1, -0.05) is 0 Å². The van der Waals surface area contributed by atoms with Gasteiger partial charge >= 0.3 is 0 Å². The smallest absolute Gasteiger partial charge is 0.199 e. The lowest BCUT2D eigenvalue weighted by molar-refractivity contribution is 0.391. The van der Waals surface area contributed by atoms with E-state index in [1.807, 2.05) is 0 Å². The van der Waals surface area contributed by atoms with Gasteiger partial charge in [0.2, 0.25) is 0 Å². The maximum atomic E-state index is 11.3. The van der Waals surface area contributed by atoms with E-state index in [1.54, 1.807) is 6.92 Å². The van der Waals surface area contributed by atoms with Crippen LogP contribution in [0.4, 0.5) is 0 Å². The van der Waals surface area contributed by atoms with Gasteiger partial charge in [-0.25, -0.2) is 0 Å². The normalized spacial score (nSPS) is 9.92. The zero-order chi connectivity index (χ0) is 9.14. The molecule has 0 saturated carbocycles. The highest BCUT2D eigenvalue weighted by atomic mass is 16.5. The van der Waals surface area contributed by atoms with Crippen molar-refractivity contribution in [3.8, 4) is 5.88 Å². The van der Waals surface area contributed by atoms with E-state index in [-0.39, 0.29) is 12.0 Å². The van der Waals surface area contributed by atoms with Crippen LogP contribution in [0.15, 0.2) is 10.9 Å². The summed E-state index contributed by atoms with van der Waals surface area (Å²) < 4.78 is 4.96. The number of ether oxygens (including phenoxy) is 1. The van der Waals surface area contributed by atoms with Crippen molar-refractivity contribution < 1.29 is 4.74 Å². The molecule has 0 radical (unpaired) electrons. The molecule has 12 heavy (non-hydrogen) atoms. The predicted molar refractivity (Wildman–Crippen MR) is 46.2 cm³/mol. The molecule has 1 aromatic rings. The Morgan fingerprint density at radius 2 is 2.33 bits per heavy atom. The second kappa shape index (κ2) is 3.40. The van der Waals surface area contributed by atoms with Crippen molar-refractivity contribution in [2.24, 2.45) is 5.73 Å². The molecule has 66 valence electrons. The Hall–Kier alpha value is -1.29. The van der Waals surface area contributed by atoms with E-state index in [4.69, 9.17) is 10.5 Å². The fourth-order valence-electron chi connectivity index (χ4n) is 1.05. The highest BCUT2D eigenvalue weighted by Gasteiger charge is 2.05. The van der Waals surface area contributed by atoms with Crippen LogP contribution in [0.5, 0.6) is 5.88 Å². The van der Waals surface area contributed by atoms with Crippen LogP contribution >= 0.6 is 0 Å². The first kappa shape index (κ1) is 8.80. The number of rotatable bonds is 2. The van der Waals surface area contributed by atoms with Crippen LogP contribution in [0.2, 0.25) is 0 Å². The van der Waals surface area contributed by atoms with Crippen molar-refractivity contribution in [3.63, 3.8) is 0 Å². The molecule has 1 heterocycles. The Morgan fingerprint density at radius 1 is 1.67 bits per heavy atom. The first-order valence-electron chi connectivity index (χ1n) is 3.66. The van der Waals surface area contributed by atoms with Gasteiger partial charge in [-0.05, 0) is 6.92 Å². The Balaban J connectivity index is 3.34. The van der Waals surface area contributed by atoms with Gasteiger partial charge in [-0.2, -0.15) is 0 Å². The quantitative estimate of drug-likeness (QED) is 0.660. The molecular weight excluding hydrogens is 156 g/mol. The summed E-state index contributed by atoms with van der Waals surface area (Å²) in [7, 11) is 1.50. The maximum Gasteiger partial charge on any atom is 0.199 e. The Kier molecular flexibility index (Phi) is 2.50. The molecule has 0 spiro atoms. The van der Waals surface area contributed by atoms with E-state index in [9.17, 15) is 4.79 Å². The zero-order valence-electron chi connectivity index (χ0n) is 7.18. The average Bonchev–Trinajstić information content (AvgIpc) is 2.03. The molecule has 0 aliphatic carbocycles. The molecule has 1 rings (SSSR count). The third-order valence-electron chi connectivity index (χ3n) is 1.64. The minimum Gasteiger partial charge on any atom is -0.482 e. The number of nitrogens with two attached hydrogens (primary N) is 1. The molecule has 0 unspecified atom stereocenters. The van der Waals surface area contributed by atoms with Gasteiger partial charge in [0.25, 0.3) is 0 Å². The number of H-pyrrole nitrogens is 1. The average molecular weight is 168 g/mol. The molecule has 4 heteroatoms. The maximum absolute atomic E-state index is 11.3. The van der Waals surface area contributed by atoms with Crippen LogP contribution in [0.25, 0.3) is 0 Å². The van der Waals surface area contributed by atoms with Crippen LogP contribution in [0, 0.1) is 6.92 Å². The van der Waals surface area contributed by atoms with Gasteiger partial charge in [-0.3, -0.25) is 4.79 Å². The summed E-state index contributed by atoms with van der Waals surface area (Å²) in [6, 6.07) is 1.50. The van der Waals surface area contributed by atoms with E-state index in [2.05, 4.69) is 4.98 Å². The van der Waals surface area contributed by atoms with Crippen molar-refractivity contribution in [1.82, 2.24) is 4.98 Å². The van der Waals surface area contributed by atoms with Crippen molar-refractivity contribution in [1.29, 1.82) is 0 Å². The van der Waals surface area contributed by atoms with Gasteiger partial charge in [0.15, 0.2) is 11.3 Å². The Morgan fingerprint density at radius 3 is 2.83 bits per heavy atom. The van der Waals surface area contributed by atoms with Crippen molar-refractivity contribution in [3.05, 3.63) is 27.5 Å². The van der Waals surface area contributed by atoms with Crippen LogP contribution < -0.4 is 15.9 Å². The van der Waals surface area contributed by atoms with Gasteiger partial charge in [-0.15, -0.1) is 0 Å². The van der Waals surface area contributed by atoms with Crippen LogP contribution in [0.3, 0.4) is 0 Å². The number of nitrogens with one attached hydrogen (secondary N) is 1. The second-order valence-corrected chi connectivity index (χ2v) is 2.53. The summed E-state index contributed by atoms with van der Waals surface area (Å²) in [6.45, 7) is 1.99. The third kappa shape index (κ3) is 1.48. The van der Waals surface area contributed by atoms with Gasteiger partial charge in [0.1, 0.15) is 0 Å².